The number of rotatable bonds is 5. The van der Waals surface area contributed by atoms with Crippen LogP contribution < -0.4 is 5.32 Å². The molecule has 3 heteroatoms. The number of hydrogen-bond acceptors (Lipinski definition) is 2. The van der Waals surface area contributed by atoms with Crippen molar-refractivity contribution in [1.29, 1.82) is 0 Å². The lowest BCUT2D eigenvalue weighted by molar-refractivity contribution is -0.113. The normalized spacial score (nSPS) is 10.5. The van der Waals surface area contributed by atoms with Gasteiger partial charge in [-0.25, -0.2) is 0 Å². The van der Waals surface area contributed by atoms with Crippen LogP contribution in [0.15, 0.2) is 66.1 Å². The van der Waals surface area contributed by atoms with E-state index in [2.05, 4.69) is 5.32 Å². The Balaban J connectivity index is 1.74. The number of amides is 1. The van der Waals surface area contributed by atoms with Gasteiger partial charge in [0.25, 0.3) is 0 Å². The molecule has 19 heavy (non-hydrogen) atoms. The Hall–Kier alpha value is -2.00. The monoisotopic (exact) mass is 269 g/mol. The predicted molar refractivity (Wildman–Crippen MR) is 83.0 cm³/mol. The topological polar surface area (TPSA) is 29.1 Å². The van der Waals surface area contributed by atoms with Gasteiger partial charge in [0.1, 0.15) is 0 Å². The Morgan fingerprint density at radius 3 is 2.32 bits per heavy atom. The second kappa shape index (κ2) is 7.44. The van der Waals surface area contributed by atoms with Gasteiger partial charge in [-0.1, -0.05) is 48.5 Å². The van der Waals surface area contributed by atoms with E-state index in [0.29, 0.717) is 5.75 Å². The molecule has 0 saturated carbocycles. The SMILES string of the molecule is O=C(CS/C=C\c1ccccc1)Nc1ccccc1. The van der Waals surface area contributed by atoms with Crippen LogP contribution in [-0.4, -0.2) is 11.7 Å². The molecule has 0 saturated heterocycles. The first-order valence-corrected chi connectivity index (χ1v) is 7.07. The molecular formula is C16H15NOS. The summed E-state index contributed by atoms with van der Waals surface area (Å²) in [6.45, 7) is 0. The van der Waals surface area contributed by atoms with Crippen LogP contribution >= 0.6 is 11.8 Å². The maximum Gasteiger partial charge on any atom is 0.234 e. The average molecular weight is 269 g/mol. The molecule has 2 rings (SSSR count). The Morgan fingerprint density at radius 2 is 1.63 bits per heavy atom. The standard InChI is InChI=1S/C16H15NOS/c18-16(17-15-9-5-2-6-10-15)13-19-12-11-14-7-3-1-4-8-14/h1-12H,13H2,(H,17,18)/b12-11-. The van der Waals surface area contributed by atoms with Gasteiger partial charge in [-0.05, 0) is 29.2 Å². The van der Waals surface area contributed by atoms with E-state index < -0.39 is 0 Å². The van der Waals surface area contributed by atoms with E-state index in [1.807, 2.05) is 72.1 Å². The van der Waals surface area contributed by atoms with Crippen molar-refractivity contribution in [3.05, 3.63) is 71.6 Å². The quantitative estimate of drug-likeness (QED) is 0.888. The Bertz CT molecular complexity index is 537. The molecule has 0 aliphatic heterocycles. The highest BCUT2D eigenvalue weighted by molar-refractivity contribution is 8.02. The number of carbonyl (C=O) groups excluding carboxylic acids is 1. The summed E-state index contributed by atoms with van der Waals surface area (Å²) >= 11 is 1.48. The minimum absolute atomic E-state index is 0.00825. The second-order valence-corrected chi connectivity index (χ2v) is 4.83. The van der Waals surface area contributed by atoms with Gasteiger partial charge in [-0.15, -0.1) is 11.8 Å². The van der Waals surface area contributed by atoms with Crippen molar-refractivity contribution in [2.75, 3.05) is 11.1 Å². The zero-order valence-electron chi connectivity index (χ0n) is 10.5. The summed E-state index contributed by atoms with van der Waals surface area (Å²) in [6, 6.07) is 19.5. The smallest absolute Gasteiger partial charge is 0.234 e. The Labute approximate surface area is 117 Å². The molecule has 0 heterocycles. The summed E-state index contributed by atoms with van der Waals surface area (Å²) in [4.78, 5) is 11.7. The molecule has 2 nitrogen and oxygen atoms in total. The highest BCUT2D eigenvalue weighted by atomic mass is 32.2. The molecule has 0 aliphatic carbocycles. The first-order chi connectivity index (χ1) is 9.34. The molecule has 96 valence electrons. The van der Waals surface area contributed by atoms with Crippen LogP contribution in [0.4, 0.5) is 5.69 Å². The van der Waals surface area contributed by atoms with Crippen molar-refractivity contribution in [2.24, 2.45) is 0 Å². The van der Waals surface area contributed by atoms with Gasteiger partial charge in [0.15, 0.2) is 0 Å². The maximum atomic E-state index is 11.7. The van der Waals surface area contributed by atoms with Crippen LogP contribution in [0.1, 0.15) is 5.56 Å². The fourth-order valence-electron chi connectivity index (χ4n) is 1.53. The van der Waals surface area contributed by atoms with Gasteiger partial charge in [0.2, 0.25) is 5.91 Å². The van der Waals surface area contributed by atoms with Crippen LogP contribution in [-0.2, 0) is 4.79 Å². The summed E-state index contributed by atoms with van der Waals surface area (Å²) < 4.78 is 0. The highest BCUT2D eigenvalue weighted by Crippen LogP contribution is 2.10. The summed E-state index contributed by atoms with van der Waals surface area (Å²) in [6.07, 6.45) is 2.00. The zero-order valence-corrected chi connectivity index (χ0v) is 11.3. The van der Waals surface area contributed by atoms with Crippen LogP contribution in [0.5, 0.6) is 0 Å². The van der Waals surface area contributed by atoms with Crippen LogP contribution in [0, 0.1) is 0 Å². The van der Waals surface area contributed by atoms with Crippen molar-refractivity contribution in [1.82, 2.24) is 0 Å². The molecule has 1 N–H and O–H groups in total. The number of carbonyl (C=O) groups is 1. The van der Waals surface area contributed by atoms with Crippen molar-refractivity contribution in [3.63, 3.8) is 0 Å². The third kappa shape index (κ3) is 5.02. The van der Waals surface area contributed by atoms with Crippen molar-refractivity contribution in [2.45, 2.75) is 0 Å². The van der Waals surface area contributed by atoms with Gasteiger partial charge in [0, 0.05) is 5.69 Å². The van der Waals surface area contributed by atoms with E-state index in [0.717, 1.165) is 11.3 Å². The van der Waals surface area contributed by atoms with Crippen LogP contribution in [0.3, 0.4) is 0 Å². The van der Waals surface area contributed by atoms with E-state index in [4.69, 9.17) is 0 Å². The van der Waals surface area contributed by atoms with Crippen LogP contribution in [0.25, 0.3) is 6.08 Å². The Kier molecular flexibility index (Phi) is 5.26. The molecule has 1 amide bonds. The molecule has 0 fully saturated rings. The first kappa shape index (κ1) is 13.4. The lowest BCUT2D eigenvalue weighted by Crippen LogP contribution is -2.13. The van der Waals surface area contributed by atoms with Gasteiger partial charge in [-0.2, -0.15) is 0 Å². The van der Waals surface area contributed by atoms with E-state index in [1.54, 1.807) is 0 Å². The molecule has 2 aromatic carbocycles. The minimum atomic E-state index is 0.00825. The largest absolute Gasteiger partial charge is 0.325 e. The summed E-state index contributed by atoms with van der Waals surface area (Å²) in [5.74, 6) is 0.423. The summed E-state index contributed by atoms with van der Waals surface area (Å²) in [7, 11) is 0. The second-order valence-electron chi connectivity index (χ2n) is 3.94. The number of nitrogens with one attached hydrogen (secondary N) is 1. The van der Waals surface area contributed by atoms with Crippen LogP contribution in [0.2, 0.25) is 0 Å². The van der Waals surface area contributed by atoms with E-state index in [-0.39, 0.29) is 5.91 Å². The van der Waals surface area contributed by atoms with E-state index >= 15 is 0 Å². The molecule has 0 atom stereocenters. The van der Waals surface area contributed by atoms with E-state index in [1.165, 1.54) is 11.8 Å². The molecular weight excluding hydrogens is 254 g/mol. The lowest BCUT2D eigenvalue weighted by Gasteiger charge is -2.02. The first-order valence-electron chi connectivity index (χ1n) is 6.03. The predicted octanol–water partition coefficient (Wildman–Crippen LogP) is 4.03. The Morgan fingerprint density at radius 1 is 1.00 bits per heavy atom. The number of hydrogen-bond donors (Lipinski definition) is 1. The van der Waals surface area contributed by atoms with Crippen molar-refractivity contribution >= 4 is 29.4 Å². The summed E-state index contributed by atoms with van der Waals surface area (Å²) in [5, 5.41) is 4.79. The molecule has 2 aromatic rings. The summed E-state index contributed by atoms with van der Waals surface area (Å²) in [5.41, 5.74) is 1.97. The zero-order chi connectivity index (χ0) is 13.3. The van der Waals surface area contributed by atoms with E-state index in [9.17, 15) is 4.79 Å². The van der Waals surface area contributed by atoms with Gasteiger partial charge in [-0.3, -0.25) is 4.79 Å². The van der Waals surface area contributed by atoms with Crippen molar-refractivity contribution in [3.8, 4) is 0 Å². The number of para-hydroxylation sites is 1. The lowest BCUT2D eigenvalue weighted by atomic mass is 10.2. The molecule has 0 bridgehead atoms. The molecule has 0 radical (unpaired) electrons. The minimum Gasteiger partial charge on any atom is -0.325 e. The fraction of sp³-hybridized carbons (Fsp3) is 0.0625. The fourth-order valence-corrected chi connectivity index (χ4v) is 2.11. The molecule has 0 unspecified atom stereocenters. The molecule has 0 aliphatic rings. The third-order valence-electron chi connectivity index (χ3n) is 2.43. The van der Waals surface area contributed by atoms with Gasteiger partial charge < -0.3 is 5.32 Å². The molecule has 0 aromatic heterocycles. The average Bonchev–Trinajstić information content (AvgIpc) is 2.46. The third-order valence-corrected chi connectivity index (χ3v) is 3.19. The maximum absolute atomic E-state index is 11.7. The molecule has 0 spiro atoms. The number of anilines is 1. The van der Waals surface area contributed by atoms with Crippen molar-refractivity contribution < 1.29 is 4.79 Å². The highest BCUT2D eigenvalue weighted by Gasteiger charge is 1.99. The number of thioether (sulfide) groups is 1. The number of benzene rings is 2. The van der Waals surface area contributed by atoms with Gasteiger partial charge >= 0.3 is 0 Å². The van der Waals surface area contributed by atoms with Gasteiger partial charge in [0.05, 0.1) is 5.75 Å².